The molecule has 0 aliphatic carbocycles. The van der Waals surface area contributed by atoms with E-state index >= 15 is 0 Å². The van der Waals surface area contributed by atoms with Gasteiger partial charge in [-0.15, -0.1) is 0 Å². The van der Waals surface area contributed by atoms with Crippen molar-refractivity contribution in [3.63, 3.8) is 0 Å². The summed E-state index contributed by atoms with van der Waals surface area (Å²) in [7, 11) is 1.80. The number of likely N-dealkylation sites (N-methyl/N-ethyl adjacent to an activating group) is 1. The van der Waals surface area contributed by atoms with Crippen LogP contribution in [0.3, 0.4) is 0 Å². The number of amides is 2. The summed E-state index contributed by atoms with van der Waals surface area (Å²) in [4.78, 5) is 24.0. The maximum Gasteiger partial charge on any atom is 0.317 e. The van der Waals surface area contributed by atoms with Crippen molar-refractivity contribution in [2.75, 3.05) is 20.2 Å². The average Bonchev–Trinajstić information content (AvgIpc) is 2.82. The summed E-state index contributed by atoms with van der Waals surface area (Å²) in [6, 6.07) is 0.100. The molecule has 116 valence electrons. The van der Waals surface area contributed by atoms with Crippen LogP contribution in [0.25, 0.3) is 0 Å². The molecule has 0 bridgehead atoms. The second-order valence-corrected chi connectivity index (χ2v) is 5.33. The molecule has 2 N–H and O–H groups in total. The fourth-order valence-electron chi connectivity index (χ4n) is 2.45. The normalized spacial score (nSPS) is 21.7. The number of hydrogen-bond donors (Lipinski definition) is 2. The summed E-state index contributed by atoms with van der Waals surface area (Å²) >= 11 is 0. The van der Waals surface area contributed by atoms with Gasteiger partial charge in [0.1, 0.15) is 0 Å². The minimum Gasteiger partial charge on any atom is -0.481 e. The summed E-state index contributed by atoms with van der Waals surface area (Å²) in [5, 5.41) is 11.4. The minimum atomic E-state index is -0.743. The molecule has 1 rings (SSSR count). The lowest BCUT2D eigenvalue weighted by atomic mass is 10.1. The van der Waals surface area contributed by atoms with Gasteiger partial charge in [-0.25, -0.2) is 4.79 Å². The fraction of sp³-hybridized carbons (Fsp3) is 0.857. The first-order valence-corrected chi connectivity index (χ1v) is 7.36. The highest BCUT2D eigenvalue weighted by Gasteiger charge is 2.30. The number of nitrogens with zero attached hydrogens (tertiary/aromatic N) is 1. The number of carboxylic acids is 1. The molecule has 2 unspecified atom stereocenters. The Morgan fingerprint density at radius 1 is 1.30 bits per heavy atom. The molecule has 1 aliphatic heterocycles. The SMILES string of the molecule is CC1OCCC1N(C)C(=O)NCCCCCCC(=O)O. The molecule has 0 aromatic rings. The number of hydrogen-bond acceptors (Lipinski definition) is 3. The second kappa shape index (κ2) is 8.79. The van der Waals surface area contributed by atoms with Crippen LogP contribution < -0.4 is 5.32 Å². The van der Waals surface area contributed by atoms with Crippen LogP contribution in [0.5, 0.6) is 0 Å². The first-order chi connectivity index (χ1) is 9.52. The van der Waals surface area contributed by atoms with E-state index in [0.29, 0.717) is 19.6 Å². The van der Waals surface area contributed by atoms with Crippen LogP contribution in [-0.4, -0.2) is 54.4 Å². The molecule has 0 aromatic heterocycles. The van der Waals surface area contributed by atoms with Crippen molar-refractivity contribution in [3.8, 4) is 0 Å². The van der Waals surface area contributed by atoms with Gasteiger partial charge in [-0.2, -0.15) is 0 Å². The van der Waals surface area contributed by atoms with E-state index in [4.69, 9.17) is 9.84 Å². The number of carbonyl (C=O) groups excluding carboxylic acids is 1. The molecule has 6 heteroatoms. The molecule has 0 aromatic carbocycles. The zero-order chi connectivity index (χ0) is 15.0. The van der Waals surface area contributed by atoms with Crippen molar-refractivity contribution < 1.29 is 19.4 Å². The Balaban J connectivity index is 2.06. The zero-order valence-corrected chi connectivity index (χ0v) is 12.4. The van der Waals surface area contributed by atoms with Crippen LogP contribution in [0.4, 0.5) is 4.79 Å². The lowest BCUT2D eigenvalue weighted by molar-refractivity contribution is -0.137. The highest BCUT2D eigenvalue weighted by atomic mass is 16.5. The van der Waals surface area contributed by atoms with E-state index < -0.39 is 5.97 Å². The summed E-state index contributed by atoms with van der Waals surface area (Å²) in [5.74, 6) is -0.743. The van der Waals surface area contributed by atoms with Gasteiger partial charge in [0.2, 0.25) is 0 Å². The van der Waals surface area contributed by atoms with Crippen molar-refractivity contribution in [1.29, 1.82) is 0 Å². The Bertz CT molecular complexity index is 322. The number of ether oxygens (including phenoxy) is 1. The van der Waals surface area contributed by atoms with Crippen LogP contribution in [0.15, 0.2) is 0 Å². The molecular formula is C14H26N2O4. The minimum absolute atomic E-state index is 0.0575. The van der Waals surface area contributed by atoms with Crippen LogP contribution >= 0.6 is 0 Å². The van der Waals surface area contributed by atoms with E-state index in [-0.39, 0.29) is 24.6 Å². The lowest BCUT2D eigenvalue weighted by Gasteiger charge is -2.26. The van der Waals surface area contributed by atoms with E-state index in [1.165, 1.54) is 0 Å². The molecule has 0 spiro atoms. The van der Waals surface area contributed by atoms with E-state index in [9.17, 15) is 9.59 Å². The maximum atomic E-state index is 11.9. The second-order valence-electron chi connectivity index (χ2n) is 5.33. The Labute approximate surface area is 120 Å². The van der Waals surface area contributed by atoms with Gasteiger partial charge in [-0.1, -0.05) is 12.8 Å². The van der Waals surface area contributed by atoms with Crippen LogP contribution in [0, 0.1) is 0 Å². The van der Waals surface area contributed by atoms with Crippen molar-refractivity contribution in [2.45, 2.75) is 57.6 Å². The number of aliphatic carboxylic acids is 1. The summed E-state index contributed by atoms with van der Waals surface area (Å²) in [5.41, 5.74) is 0. The topological polar surface area (TPSA) is 78.9 Å². The monoisotopic (exact) mass is 286 g/mol. The molecule has 20 heavy (non-hydrogen) atoms. The Hall–Kier alpha value is -1.30. The maximum absolute atomic E-state index is 11.9. The predicted molar refractivity (Wildman–Crippen MR) is 75.7 cm³/mol. The van der Waals surface area contributed by atoms with Gasteiger partial charge >= 0.3 is 12.0 Å². The zero-order valence-electron chi connectivity index (χ0n) is 12.4. The number of urea groups is 1. The number of unbranched alkanes of at least 4 members (excludes halogenated alkanes) is 3. The first kappa shape index (κ1) is 16.8. The van der Waals surface area contributed by atoms with Gasteiger partial charge in [-0.05, 0) is 26.2 Å². The lowest BCUT2D eigenvalue weighted by Crippen LogP contribution is -2.46. The fourth-order valence-corrected chi connectivity index (χ4v) is 2.45. The molecule has 1 saturated heterocycles. The highest BCUT2D eigenvalue weighted by molar-refractivity contribution is 5.74. The molecule has 0 radical (unpaired) electrons. The Kier molecular flexibility index (Phi) is 7.36. The van der Waals surface area contributed by atoms with Crippen molar-refractivity contribution in [3.05, 3.63) is 0 Å². The standard InChI is InChI=1S/C14H26N2O4/c1-11-12(8-10-20-11)16(2)14(19)15-9-6-4-3-5-7-13(17)18/h11-12H,3-10H2,1-2H3,(H,15,19)(H,17,18). The molecule has 6 nitrogen and oxygen atoms in total. The quantitative estimate of drug-likeness (QED) is 0.667. The average molecular weight is 286 g/mol. The van der Waals surface area contributed by atoms with E-state index in [0.717, 1.165) is 25.7 Å². The Morgan fingerprint density at radius 3 is 2.60 bits per heavy atom. The van der Waals surface area contributed by atoms with Crippen LogP contribution in [-0.2, 0) is 9.53 Å². The van der Waals surface area contributed by atoms with Crippen LogP contribution in [0.1, 0.15) is 45.4 Å². The summed E-state index contributed by atoms with van der Waals surface area (Å²) in [6.45, 7) is 3.34. The number of carboxylic acid groups (broad SMARTS) is 1. The Morgan fingerprint density at radius 2 is 2.00 bits per heavy atom. The van der Waals surface area contributed by atoms with E-state index in [2.05, 4.69) is 5.32 Å². The van der Waals surface area contributed by atoms with E-state index in [1.54, 1.807) is 11.9 Å². The molecule has 1 heterocycles. The largest absolute Gasteiger partial charge is 0.481 e. The van der Waals surface area contributed by atoms with Gasteiger partial charge in [0.25, 0.3) is 0 Å². The molecule has 1 fully saturated rings. The predicted octanol–water partition coefficient (Wildman–Crippen LogP) is 1.84. The first-order valence-electron chi connectivity index (χ1n) is 7.36. The summed E-state index contributed by atoms with van der Waals surface area (Å²) in [6.07, 6.45) is 4.65. The number of rotatable bonds is 8. The molecule has 2 amide bonds. The highest BCUT2D eigenvalue weighted by Crippen LogP contribution is 2.18. The summed E-state index contributed by atoms with van der Waals surface area (Å²) < 4.78 is 5.46. The number of carbonyl (C=O) groups is 2. The van der Waals surface area contributed by atoms with Gasteiger partial charge in [0.05, 0.1) is 12.1 Å². The van der Waals surface area contributed by atoms with E-state index in [1.807, 2.05) is 6.92 Å². The van der Waals surface area contributed by atoms with Crippen LogP contribution in [0.2, 0.25) is 0 Å². The molecule has 1 aliphatic rings. The smallest absolute Gasteiger partial charge is 0.317 e. The molecular weight excluding hydrogens is 260 g/mol. The van der Waals surface area contributed by atoms with Crippen molar-refractivity contribution in [1.82, 2.24) is 10.2 Å². The third kappa shape index (κ3) is 5.77. The van der Waals surface area contributed by atoms with Gasteiger partial charge in [0.15, 0.2) is 0 Å². The molecule has 2 atom stereocenters. The van der Waals surface area contributed by atoms with Crippen molar-refractivity contribution in [2.24, 2.45) is 0 Å². The number of nitrogens with one attached hydrogen (secondary N) is 1. The van der Waals surface area contributed by atoms with Gasteiger partial charge in [-0.3, -0.25) is 4.79 Å². The third-order valence-corrected chi connectivity index (χ3v) is 3.75. The van der Waals surface area contributed by atoms with Crippen molar-refractivity contribution >= 4 is 12.0 Å². The molecule has 0 saturated carbocycles. The van der Waals surface area contributed by atoms with Gasteiger partial charge in [0, 0.05) is 26.6 Å². The van der Waals surface area contributed by atoms with Gasteiger partial charge < -0.3 is 20.1 Å². The third-order valence-electron chi connectivity index (χ3n) is 3.75.